The average Bonchev–Trinajstić information content (AvgIpc) is 3.08. The number of halogens is 1. The first kappa shape index (κ1) is 18.8. The number of aromatic amines is 1. The summed E-state index contributed by atoms with van der Waals surface area (Å²) < 4.78 is 0.712. The fourth-order valence-corrected chi connectivity index (χ4v) is 3.19. The lowest BCUT2D eigenvalue weighted by atomic mass is 10.1. The van der Waals surface area contributed by atoms with E-state index in [4.69, 9.17) is 5.73 Å². The van der Waals surface area contributed by atoms with Crippen LogP contribution in [0.25, 0.3) is 0 Å². The van der Waals surface area contributed by atoms with Crippen molar-refractivity contribution in [2.45, 2.75) is 19.8 Å². The van der Waals surface area contributed by atoms with Gasteiger partial charge in [-0.2, -0.15) is 5.10 Å². The molecule has 140 valence electrons. The van der Waals surface area contributed by atoms with Crippen LogP contribution in [-0.4, -0.2) is 45.3 Å². The predicted molar refractivity (Wildman–Crippen MR) is 99.2 cm³/mol. The third-order valence-electron chi connectivity index (χ3n) is 4.16. The summed E-state index contributed by atoms with van der Waals surface area (Å²) in [6.45, 7) is 1.76. The number of nitrogens with one attached hydrogen (secondary N) is 2. The maximum Gasteiger partial charge on any atom is 0.271 e. The van der Waals surface area contributed by atoms with E-state index >= 15 is 0 Å². The maximum absolute atomic E-state index is 12.4. The number of primary amides is 1. The first-order valence-electron chi connectivity index (χ1n) is 8.10. The number of benzene rings is 1. The summed E-state index contributed by atoms with van der Waals surface area (Å²) in [4.78, 5) is 49.3. The number of fused-ring (bicyclic) bond motifs is 1. The van der Waals surface area contributed by atoms with Crippen LogP contribution in [0.2, 0.25) is 0 Å². The van der Waals surface area contributed by atoms with Gasteiger partial charge in [-0.05, 0) is 31.5 Å². The van der Waals surface area contributed by atoms with E-state index in [2.05, 4.69) is 31.4 Å². The molecule has 4 N–H and O–H groups in total. The molecule has 2 heterocycles. The molecule has 2 aromatic rings. The molecule has 1 aliphatic rings. The minimum absolute atomic E-state index is 0.0493. The van der Waals surface area contributed by atoms with Gasteiger partial charge in [0.25, 0.3) is 17.7 Å². The number of hydrogen-bond donors (Lipinski definition) is 3. The Bertz CT molecular complexity index is 968. The van der Waals surface area contributed by atoms with Crippen molar-refractivity contribution >= 4 is 45.2 Å². The second-order valence-corrected chi connectivity index (χ2v) is 6.96. The molecule has 1 aromatic heterocycles. The van der Waals surface area contributed by atoms with Crippen LogP contribution in [0.4, 0.5) is 5.69 Å². The Morgan fingerprint density at radius 1 is 1.26 bits per heavy atom. The fraction of sp³-hybridized carbons (Fsp3) is 0.235. The van der Waals surface area contributed by atoms with Gasteiger partial charge < -0.3 is 11.1 Å². The quantitative estimate of drug-likeness (QED) is 0.593. The standard InChI is InChI=1S/C17H16BrN5O4/c1-8-13(14(15(19)25)22-21-8)20-12(24)3-2-6-23-16(26)10-5-4-9(18)7-11(10)17(23)27/h4-5,7H,2-3,6H2,1H3,(H2,19,25)(H,20,24)(H,21,22). The number of aryl methyl sites for hydroxylation is 1. The summed E-state index contributed by atoms with van der Waals surface area (Å²) in [5.74, 6) is -1.88. The fourth-order valence-electron chi connectivity index (χ4n) is 2.83. The maximum atomic E-state index is 12.4. The summed E-state index contributed by atoms with van der Waals surface area (Å²) >= 11 is 3.28. The lowest BCUT2D eigenvalue weighted by Crippen LogP contribution is -2.31. The smallest absolute Gasteiger partial charge is 0.271 e. The van der Waals surface area contributed by atoms with Crippen LogP contribution in [0.1, 0.15) is 49.7 Å². The number of hydrogen-bond acceptors (Lipinski definition) is 5. The normalized spacial score (nSPS) is 13.0. The van der Waals surface area contributed by atoms with Crippen LogP contribution < -0.4 is 11.1 Å². The highest BCUT2D eigenvalue weighted by atomic mass is 79.9. The van der Waals surface area contributed by atoms with Crippen molar-refractivity contribution in [1.29, 1.82) is 0 Å². The highest BCUT2D eigenvalue weighted by molar-refractivity contribution is 9.10. The SMILES string of the molecule is Cc1[nH]nc(C(N)=O)c1NC(=O)CCCN1C(=O)c2ccc(Br)cc2C1=O. The van der Waals surface area contributed by atoms with E-state index in [9.17, 15) is 19.2 Å². The Morgan fingerprint density at radius 3 is 2.67 bits per heavy atom. The molecular formula is C17H16BrN5O4. The highest BCUT2D eigenvalue weighted by Crippen LogP contribution is 2.26. The summed E-state index contributed by atoms with van der Waals surface area (Å²) in [5.41, 5.74) is 6.60. The predicted octanol–water partition coefficient (Wildman–Crippen LogP) is 1.59. The van der Waals surface area contributed by atoms with Gasteiger partial charge in [0.15, 0.2) is 5.69 Å². The summed E-state index contributed by atoms with van der Waals surface area (Å²) in [7, 11) is 0. The van der Waals surface area contributed by atoms with Crippen molar-refractivity contribution in [3.05, 3.63) is 45.2 Å². The molecule has 1 aromatic carbocycles. The molecular weight excluding hydrogens is 418 g/mol. The van der Waals surface area contributed by atoms with E-state index in [1.807, 2.05) is 0 Å². The first-order valence-corrected chi connectivity index (χ1v) is 8.89. The Labute approximate surface area is 162 Å². The van der Waals surface area contributed by atoms with Gasteiger partial charge in [-0.3, -0.25) is 29.2 Å². The number of rotatable bonds is 6. The van der Waals surface area contributed by atoms with Gasteiger partial charge in [-0.15, -0.1) is 0 Å². The van der Waals surface area contributed by atoms with Crippen LogP contribution in [0.15, 0.2) is 22.7 Å². The molecule has 0 spiro atoms. The molecule has 0 fully saturated rings. The Kier molecular flexibility index (Phi) is 5.08. The third kappa shape index (κ3) is 3.61. The van der Waals surface area contributed by atoms with Gasteiger partial charge in [0, 0.05) is 17.4 Å². The van der Waals surface area contributed by atoms with Gasteiger partial charge in [-0.25, -0.2) is 0 Å². The van der Waals surface area contributed by atoms with Gasteiger partial charge in [0.05, 0.1) is 22.5 Å². The summed E-state index contributed by atoms with van der Waals surface area (Å²) in [6, 6.07) is 4.90. The van der Waals surface area contributed by atoms with Crippen LogP contribution >= 0.6 is 15.9 Å². The number of H-pyrrole nitrogens is 1. The minimum Gasteiger partial charge on any atom is -0.364 e. The van der Waals surface area contributed by atoms with E-state index in [0.29, 0.717) is 21.3 Å². The number of carbonyl (C=O) groups is 4. The van der Waals surface area contributed by atoms with E-state index in [1.54, 1.807) is 25.1 Å². The molecule has 0 radical (unpaired) electrons. The lowest BCUT2D eigenvalue weighted by Gasteiger charge is -2.13. The summed E-state index contributed by atoms with van der Waals surface area (Å²) in [6.07, 6.45) is 0.335. The number of nitrogens with zero attached hydrogens (tertiary/aromatic N) is 2. The highest BCUT2D eigenvalue weighted by Gasteiger charge is 2.35. The number of amides is 4. The number of aromatic nitrogens is 2. The Morgan fingerprint density at radius 2 is 1.96 bits per heavy atom. The molecule has 0 aliphatic carbocycles. The number of nitrogens with two attached hydrogens (primary N) is 1. The van der Waals surface area contributed by atoms with Gasteiger partial charge in [-0.1, -0.05) is 15.9 Å². The van der Waals surface area contributed by atoms with Gasteiger partial charge in [0.2, 0.25) is 5.91 Å². The average molecular weight is 434 g/mol. The second-order valence-electron chi connectivity index (χ2n) is 6.04. The van der Waals surface area contributed by atoms with Crippen LogP contribution in [-0.2, 0) is 4.79 Å². The molecule has 0 bridgehead atoms. The zero-order chi connectivity index (χ0) is 19.7. The Hall–Kier alpha value is -3.01. The number of anilines is 1. The van der Waals surface area contributed by atoms with Crippen molar-refractivity contribution < 1.29 is 19.2 Å². The topological polar surface area (TPSA) is 138 Å². The minimum atomic E-state index is -0.758. The first-order chi connectivity index (χ1) is 12.8. The van der Waals surface area contributed by atoms with E-state index in [-0.39, 0.29) is 48.5 Å². The van der Waals surface area contributed by atoms with Gasteiger partial charge in [0.1, 0.15) is 0 Å². The molecule has 4 amide bonds. The number of imide groups is 1. The molecule has 0 unspecified atom stereocenters. The molecule has 3 rings (SSSR count). The van der Waals surface area contributed by atoms with Crippen molar-refractivity contribution in [3.8, 4) is 0 Å². The number of carbonyl (C=O) groups excluding carboxylic acids is 4. The summed E-state index contributed by atoms with van der Waals surface area (Å²) in [5, 5.41) is 8.91. The van der Waals surface area contributed by atoms with Crippen LogP contribution in [0.5, 0.6) is 0 Å². The molecule has 0 atom stereocenters. The van der Waals surface area contributed by atoms with Crippen molar-refractivity contribution in [3.63, 3.8) is 0 Å². The molecule has 0 saturated carbocycles. The van der Waals surface area contributed by atoms with E-state index in [1.165, 1.54) is 0 Å². The molecule has 27 heavy (non-hydrogen) atoms. The molecule has 9 nitrogen and oxygen atoms in total. The third-order valence-corrected chi connectivity index (χ3v) is 4.66. The van der Waals surface area contributed by atoms with Crippen molar-refractivity contribution in [1.82, 2.24) is 15.1 Å². The van der Waals surface area contributed by atoms with Crippen LogP contribution in [0, 0.1) is 6.92 Å². The zero-order valence-electron chi connectivity index (χ0n) is 14.3. The van der Waals surface area contributed by atoms with E-state index < -0.39 is 5.91 Å². The molecule has 1 aliphatic heterocycles. The largest absolute Gasteiger partial charge is 0.364 e. The van der Waals surface area contributed by atoms with Crippen molar-refractivity contribution in [2.75, 3.05) is 11.9 Å². The monoisotopic (exact) mass is 433 g/mol. The molecule has 0 saturated heterocycles. The lowest BCUT2D eigenvalue weighted by molar-refractivity contribution is -0.116. The van der Waals surface area contributed by atoms with Crippen molar-refractivity contribution in [2.24, 2.45) is 5.73 Å². The van der Waals surface area contributed by atoms with Gasteiger partial charge >= 0.3 is 0 Å². The second kappa shape index (κ2) is 7.31. The molecule has 10 heteroatoms. The van der Waals surface area contributed by atoms with E-state index in [0.717, 1.165) is 4.90 Å². The Balaban J connectivity index is 1.59. The van der Waals surface area contributed by atoms with Crippen LogP contribution in [0.3, 0.4) is 0 Å². The zero-order valence-corrected chi connectivity index (χ0v) is 15.9.